The second kappa shape index (κ2) is 6.39. The highest BCUT2D eigenvalue weighted by Crippen LogP contribution is 2.27. The number of hydrogen-bond donors (Lipinski definition) is 1. The molecule has 0 spiro atoms. The van der Waals surface area contributed by atoms with Crippen molar-refractivity contribution in [2.24, 2.45) is 0 Å². The average Bonchev–Trinajstić information content (AvgIpc) is 2.35. The first-order valence-corrected chi connectivity index (χ1v) is 8.06. The highest BCUT2D eigenvalue weighted by molar-refractivity contribution is 7.92. The van der Waals surface area contributed by atoms with Crippen molar-refractivity contribution >= 4 is 9.84 Å². The van der Waals surface area contributed by atoms with Crippen molar-refractivity contribution in [1.29, 1.82) is 0 Å². The lowest BCUT2D eigenvalue weighted by Gasteiger charge is -2.21. The molecule has 0 fully saturated rings. The highest BCUT2D eigenvalue weighted by Gasteiger charge is 2.24. The molecule has 4 nitrogen and oxygen atoms in total. The monoisotopic (exact) mass is 285 g/mol. The van der Waals surface area contributed by atoms with Gasteiger partial charge in [-0.1, -0.05) is 17.7 Å². The number of benzene rings is 1. The van der Waals surface area contributed by atoms with E-state index in [4.69, 9.17) is 4.74 Å². The van der Waals surface area contributed by atoms with Crippen LogP contribution >= 0.6 is 0 Å². The van der Waals surface area contributed by atoms with Crippen molar-refractivity contribution in [2.75, 3.05) is 19.9 Å². The third-order valence-corrected chi connectivity index (χ3v) is 5.46. The predicted molar refractivity (Wildman–Crippen MR) is 78.5 cm³/mol. The van der Waals surface area contributed by atoms with Gasteiger partial charge in [-0.15, -0.1) is 0 Å². The summed E-state index contributed by atoms with van der Waals surface area (Å²) in [6.45, 7) is 5.39. The van der Waals surface area contributed by atoms with Gasteiger partial charge in [0, 0.05) is 11.6 Å². The number of aryl methyl sites for hydroxylation is 1. The first-order chi connectivity index (χ1) is 8.81. The summed E-state index contributed by atoms with van der Waals surface area (Å²) in [4.78, 5) is 0. The van der Waals surface area contributed by atoms with Crippen LogP contribution in [0.3, 0.4) is 0 Å². The molecule has 0 amide bonds. The van der Waals surface area contributed by atoms with Gasteiger partial charge in [0.1, 0.15) is 5.75 Å². The van der Waals surface area contributed by atoms with Crippen LogP contribution in [0.25, 0.3) is 0 Å². The molecular weight excluding hydrogens is 262 g/mol. The fourth-order valence-corrected chi connectivity index (χ4v) is 3.08. The first-order valence-electron chi connectivity index (χ1n) is 6.35. The van der Waals surface area contributed by atoms with Gasteiger partial charge < -0.3 is 10.1 Å². The molecule has 0 heterocycles. The van der Waals surface area contributed by atoms with E-state index in [1.807, 2.05) is 25.1 Å². The van der Waals surface area contributed by atoms with Gasteiger partial charge >= 0.3 is 0 Å². The normalized spacial score (nSPS) is 13.6. The van der Waals surface area contributed by atoms with E-state index >= 15 is 0 Å². The fraction of sp³-hybridized carbons (Fsp3) is 0.571. The van der Waals surface area contributed by atoms with Gasteiger partial charge in [-0.3, -0.25) is 0 Å². The second-order valence-corrected chi connectivity index (χ2v) is 7.57. The number of methoxy groups -OCH3 is 1. The smallest absolute Gasteiger partial charge is 0.154 e. The molecule has 1 unspecified atom stereocenters. The minimum Gasteiger partial charge on any atom is -0.496 e. The summed E-state index contributed by atoms with van der Waals surface area (Å²) in [5, 5.41) is 2.70. The Hall–Kier alpha value is -1.07. The molecule has 0 aliphatic carbocycles. The maximum Gasteiger partial charge on any atom is 0.154 e. The second-order valence-electron chi connectivity index (χ2n) is 4.96. The summed E-state index contributed by atoms with van der Waals surface area (Å²) in [6, 6.07) is 5.53. The summed E-state index contributed by atoms with van der Waals surface area (Å²) < 4.78 is 29.5. The topological polar surface area (TPSA) is 55.4 Å². The average molecular weight is 285 g/mol. The summed E-state index contributed by atoms with van der Waals surface area (Å²) in [6.07, 6.45) is 0. The number of rotatable bonds is 6. The van der Waals surface area contributed by atoms with E-state index in [1.165, 1.54) is 0 Å². The van der Waals surface area contributed by atoms with Gasteiger partial charge in [0.05, 0.1) is 18.1 Å². The summed E-state index contributed by atoms with van der Waals surface area (Å²) >= 11 is 0. The number of ether oxygens (including phenoxy) is 1. The van der Waals surface area contributed by atoms with Crippen LogP contribution < -0.4 is 10.1 Å². The van der Waals surface area contributed by atoms with Crippen molar-refractivity contribution < 1.29 is 13.2 Å². The van der Waals surface area contributed by atoms with Crippen molar-refractivity contribution in [2.45, 2.75) is 32.1 Å². The third kappa shape index (κ3) is 3.94. The molecule has 1 aromatic carbocycles. The Labute approximate surface area is 116 Å². The van der Waals surface area contributed by atoms with Gasteiger partial charge in [-0.2, -0.15) is 0 Å². The SMILES string of the molecule is CNC(CS(=O)(=O)C(C)C)c1cc(C)ccc1OC. The summed E-state index contributed by atoms with van der Waals surface area (Å²) in [5.41, 5.74) is 1.97. The molecule has 0 bridgehead atoms. The molecule has 1 N–H and O–H groups in total. The number of hydrogen-bond acceptors (Lipinski definition) is 4. The molecule has 0 radical (unpaired) electrons. The quantitative estimate of drug-likeness (QED) is 0.869. The molecular formula is C14H23NO3S. The number of nitrogens with one attached hydrogen (secondary N) is 1. The lowest BCUT2D eigenvalue weighted by atomic mass is 10.0. The van der Waals surface area contributed by atoms with E-state index in [0.29, 0.717) is 5.75 Å². The van der Waals surface area contributed by atoms with Gasteiger partial charge in [-0.05, 0) is 33.9 Å². The maximum absolute atomic E-state index is 12.1. The molecule has 0 saturated heterocycles. The Morgan fingerprint density at radius 1 is 1.32 bits per heavy atom. The van der Waals surface area contributed by atoms with Crippen LogP contribution in [-0.2, 0) is 9.84 Å². The van der Waals surface area contributed by atoms with Crippen LogP contribution in [0.5, 0.6) is 5.75 Å². The van der Waals surface area contributed by atoms with Crippen molar-refractivity contribution in [1.82, 2.24) is 5.32 Å². The number of sulfone groups is 1. The lowest BCUT2D eigenvalue weighted by Crippen LogP contribution is -2.29. The molecule has 0 aromatic heterocycles. The summed E-state index contributed by atoms with van der Waals surface area (Å²) in [5.74, 6) is 0.782. The molecule has 1 aromatic rings. The van der Waals surface area contributed by atoms with Gasteiger partial charge in [0.25, 0.3) is 0 Å². The van der Waals surface area contributed by atoms with Crippen LogP contribution in [0.4, 0.5) is 0 Å². The van der Waals surface area contributed by atoms with Crippen molar-refractivity contribution in [3.63, 3.8) is 0 Å². The van der Waals surface area contributed by atoms with Crippen molar-refractivity contribution in [3.05, 3.63) is 29.3 Å². The van der Waals surface area contributed by atoms with E-state index < -0.39 is 9.84 Å². The van der Waals surface area contributed by atoms with Crippen LogP contribution in [0.15, 0.2) is 18.2 Å². The zero-order valence-corrected chi connectivity index (χ0v) is 13.0. The largest absolute Gasteiger partial charge is 0.496 e. The van der Waals surface area contributed by atoms with E-state index in [9.17, 15) is 8.42 Å². The maximum atomic E-state index is 12.1. The molecule has 0 saturated carbocycles. The predicted octanol–water partition coefficient (Wildman–Crippen LogP) is 2.09. The molecule has 19 heavy (non-hydrogen) atoms. The molecule has 0 aliphatic heterocycles. The Kier molecular flexibility index (Phi) is 5.38. The van der Waals surface area contributed by atoms with E-state index in [0.717, 1.165) is 11.1 Å². The molecule has 108 valence electrons. The van der Waals surface area contributed by atoms with Crippen LogP contribution in [0.1, 0.15) is 31.0 Å². The molecule has 0 aliphatic rings. The molecule has 1 rings (SSSR count). The Morgan fingerprint density at radius 2 is 1.95 bits per heavy atom. The van der Waals surface area contributed by atoms with E-state index in [-0.39, 0.29) is 17.0 Å². The van der Waals surface area contributed by atoms with Crippen LogP contribution in [0, 0.1) is 6.92 Å². The Bertz CT molecular complexity index is 523. The fourth-order valence-electron chi connectivity index (χ4n) is 1.88. The minimum atomic E-state index is -3.11. The van der Waals surface area contributed by atoms with Crippen LogP contribution in [0.2, 0.25) is 0 Å². The van der Waals surface area contributed by atoms with E-state index in [2.05, 4.69) is 5.32 Å². The van der Waals surface area contributed by atoms with Gasteiger partial charge in [0.15, 0.2) is 9.84 Å². The highest BCUT2D eigenvalue weighted by atomic mass is 32.2. The lowest BCUT2D eigenvalue weighted by molar-refractivity contribution is 0.403. The summed E-state index contributed by atoms with van der Waals surface area (Å²) in [7, 11) is 0.248. The standard InChI is InChI=1S/C14H23NO3S/c1-10(2)19(16,17)9-13(15-4)12-8-11(3)6-7-14(12)18-5/h6-8,10,13,15H,9H2,1-5H3. The first kappa shape index (κ1) is 16.0. The minimum absolute atomic E-state index is 0.0704. The molecule has 1 atom stereocenters. The van der Waals surface area contributed by atoms with Gasteiger partial charge in [0.2, 0.25) is 0 Å². The zero-order valence-electron chi connectivity index (χ0n) is 12.2. The molecule has 5 heteroatoms. The Morgan fingerprint density at radius 3 is 2.42 bits per heavy atom. The third-order valence-electron chi connectivity index (χ3n) is 3.23. The van der Waals surface area contributed by atoms with Crippen molar-refractivity contribution in [3.8, 4) is 5.75 Å². The van der Waals surface area contributed by atoms with Crippen LogP contribution in [-0.4, -0.2) is 33.6 Å². The Balaban J connectivity index is 3.14. The van der Waals surface area contributed by atoms with E-state index in [1.54, 1.807) is 28.0 Å². The zero-order chi connectivity index (χ0) is 14.6. The van der Waals surface area contributed by atoms with Gasteiger partial charge in [-0.25, -0.2) is 8.42 Å².